The Balaban J connectivity index is 1.55. The van der Waals surface area contributed by atoms with Crippen LogP contribution in [0.5, 0.6) is 0 Å². The van der Waals surface area contributed by atoms with Crippen molar-refractivity contribution in [2.75, 3.05) is 23.7 Å². The molecule has 3 atom stereocenters. The van der Waals surface area contributed by atoms with Crippen LogP contribution >= 0.6 is 11.8 Å². The van der Waals surface area contributed by atoms with Gasteiger partial charge in [-0.15, -0.1) is 0 Å². The van der Waals surface area contributed by atoms with Gasteiger partial charge in [-0.2, -0.15) is 11.8 Å². The van der Waals surface area contributed by atoms with Crippen molar-refractivity contribution in [3.8, 4) is 0 Å². The molecule has 0 aromatic carbocycles. The monoisotopic (exact) mass is 263 g/mol. The van der Waals surface area contributed by atoms with E-state index in [1.165, 1.54) is 18.5 Å². The number of nitrogens with zero attached hydrogens (tertiary/aromatic N) is 3. The normalized spacial score (nSPS) is 34.9. The standard InChI is InChI=1S/C13H17N3OS/c17-11-6-18-12-5-16(4-9(11)12)13-3-10(8-1-2-8)14-7-15-13/h3,7-9,11-12,17H,1-2,4-6H2. The summed E-state index contributed by atoms with van der Waals surface area (Å²) < 4.78 is 0. The van der Waals surface area contributed by atoms with E-state index in [1.54, 1.807) is 6.33 Å². The predicted octanol–water partition coefficient (Wildman–Crippen LogP) is 1.27. The Morgan fingerprint density at radius 3 is 2.94 bits per heavy atom. The Hall–Kier alpha value is -0.810. The van der Waals surface area contributed by atoms with Crippen LogP contribution in [0.25, 0.3) is 0 Å². The van der Waals surface area contributed by atoms with Crippen molar-refractivity contribution in [3.63, 3.8) is 0 Å². The Morgan fingerprint density at radius 2 is 2.17 bits per heavy atom. The molecule has 96 valence electrons. The zero-order valence-electron chi connectivity index (χ0n) is 10.2. The molecular weight excluding hydrogens is 246 g/mol. The van der Waals surface area contributed by atoms with Gasteiger partial charge in [0, 0.05) is 47.7 Å². The average molecular weight is 263 g/mol. The van der Waals surface area contributed by atoms with E-state index in [9.17, 15) is 5.11 Å². The first-order valence-electron chi connectivity index (χ1n) is 6.68. The molecule has 1 aliphatic carbocycles. The second-order valence-corrected chi connectivity index (χ2v) is 6.86. The van der Waals surface area contributed by atoms with Gasteiger partial charge in [0.1, 0.15) is 12.1 Å². The number of hydrogen-bond acceptors (Lipinski definition) is 5. The fourth-order valence-electron chi connectivity index (χ4n) is 3.01. The van der Waals surface area contributed by atoms with Crippen molar-refractivity contribution < 1.29 is 5.11 Å². The van der Waals surface area contributed by atoms with Crippen LogP contribution in [0, 0.1) is 5.92 Å². The summed E-state index contributed by atoms with van der Waals surface area (Å²) in [6.45, 7) is 1.97. The maximum absolute atomic E-state index is 9.94. The molecule has 0 amide bonds. The summed E-state index contributed by atoms with van der Waals surface area (Å²) >= 11 is 1.91. The number of aromatic nitrogens is 2. The maximum Gasteiger partial charge on any atom is 0.132 e. The molecule has 5 heteroatoms. The van der Waals surface area contributed by atoms with Crippen LogP contribution in [0.15, 0.2) is 12.4 Å². The first kappa shape index (κ1) is 11.1. The minimum Gasteiger partial charge on any atom is -0.392 e. The molecule has 0 radical (unpaired) electrons. The number of rotatable bonds is 2. The third-order valence-electron chi connectivity index (χ3n) is 4.28. The largest absolute Gasteiger partial charge is 0.392 e. The van der Waals surface area contributed by atoms with Crippen molar-refractivity contribution >= 4 is 17.6 Å². The SMILES string of the molecule is OC1CSC2CN(c3cc(C4CC4)ncn3)CC12. The summed E-state index contributed by atoms with van der Waals surface area (Å²) in [7, 11) is 0. The lowest BCUT2D eigenvalue weighted by Gasteiger charge is -2.19. The zero-order chi connectivity index (χ0) is 12.1. The molecular formula is C13H17N3OS. The average Bonchev–Trinajstić information content (AvgIpc) is 3.07. The van der Waals surface area contributed by atoms with Gasteiger partial charge in [0.25, 0.3) is 0 Å². The fraction of sp³-hybridized carbons (Fsp3) is 0.692. The molecule has 4 nitrogen and oxygen atoms in total. The molecule has 0 bridgehead atoms. The number of hydrogen-bond donors (Lipinski definition) is 1. The molecule has 0 spiro atoms. The van der Waals surface area contributed by atoms with Crippen LogP contribution < -0.4 is 4.90 Å². The van der Waals surface area contributed by atoms with E-state index in [0.717, 1.165) is 24.7 Å². The summed E-state index contributed by atoms with van der Waals surface area (Å²) in [4.78, 5) is 11.1. The van der Waals surface area contributed by atoms with Gasteiger partial charge in [0.15, 0.2) is 0 Å². The van der Waals surface area contributed by atoms with Gasteiger partial charge in [0.2, 0.25) is 0 Å². The Bertz CT molecular complexity index is 465. The van der Waals surface area contributed by atoms with E-state index in [0.29, 0.717) is 17.1 Å². The van der Waals surface area contributed by atoms with Crippen LogP contribution in [-0.4, -0.2) is 45.3 Å². The molecule has 3 heterocycles. The predicted molar refractivity (Wildman–Crippen MR) is 72.0 cm³/mol. The number of anilines is 1. The summed E-state index contributed by atoms with van der Waals surface area (Å²) in [6, 6.07) is 2.15. The van der Waals surface area contributed by atoms with Crippen molar-refractivity contribution in [2.24, 2.45) is 5.92 Å². The van der Waals surface area contributed by atoms with Gasteiger partial charge >= 0.3 is 0 Å². The van der Waals surface area contributed by atoms with Crippen molar-refractivity contribution in [3.05, 3.63) is 18.1 Å². The van der Waals surface area contributed by atoms with E-state index in [4.69, 9.17) is 0 Å². The van der Waals surface area contributed by atoms with E-state index >= 15 is 0 Å². The molecule has 3 aliphatic rings. The number of thioether (sulfide) groups is 1. The maximum atomic E-state index is 9.94. The summed E-state index contributed by atoms with van der Waals surface area (Å²) in [5, 5.41) is 10.5. The Labute approximate surface area is 111 Å². The van der Waals surface area contributed by atoms with E-state index in [-0.39, 0.29) is 6.10 Å². The van der Waals surface area contributed by atoms with E-state index < -0.39 is 0 Å². The third-order valence-corrected chi connectivity index (χ3v) is 5.74. The molecule has 4 rings (SSSR count). The first-order chi connectivity index (χ1) is 8.81. The number of aliphatic hydroxyl groups excluding tert-OH is 1. The smallest absolute Gasteiger partial charge is 0.132 e. The highest BCUT2D eigenvalue weighted by molar-refractivity contribution is 8.00. The van der Waals surface area contributed by atoms with Crippen LogP contribution in [-0.2, 0) is 0 Å². The second-order valence-electron chi connectivity index (χ2n) is 5.58. The van der Waals surface area contributed by atoms with Gasteiger partial charge in [-0.25, -0.2) is 9.97 Å². The van der Waals surface area contributed by atoms with Crippen LogP contribution in [0.1, 0.15) is 24.5 Å². The third kappa shape index (κ3) is 1.80. The molecule has 1 saturated carbocycles. The minimum absolute atomic E-state index is 0.130. The Morgan fingerprint density at radius 1 is 1.28 bits per heavy atom. The molecule has 18 heavy (non-hydrogen) atoms. The highest BCUT2D eigenvalue weighted by atomic mass is 32.2. The topological polar surface area (TPSA) is 49.2 Å². The number of fused-ring (bicyclic) bond motifs is 1. The summed E-state index contributed by atoms with van der Waals surface area (Å²) in [5.41, 5.74) is 1.20. The fourth-order valence-corrected chi connectivity index (χ4v) is 4.51. The lowest BCUT2D eigenvalue weighted by Crippen LogP contribution is -2.26. The highest BCUT2D eigenvalue weighted by Gasteiger charge is 2.43. The first-order valence-corrected chi connectivity index (χ1v) is 7.72. The summed E-state index contributed by atoms with van der Waals surface area (Å²) in [5.74, 6) is 3.05. The molecule has 3 fully saturated rings. The van der Waals surface area contributed by atoms with Crippen molar-refractivity contribution in [2.45, 2.75) is 30.1 Å². The van der Waals surface area contributed by atoms with Gasteiger partial charge in [-0.3, -0.25) is 0 Å². The minimum atomic E-state index is -0.130. The summed E-state index contributed by atoms with van der Waals surface area (Å²) in [6.07, 6.45) is 4.11. The quantitative estimate of drug-likeness (QED) is 0.870. The molecule has 2 aliphatic heterocycles. The molecule has 1 N–H and O–H groups in total. The number of aliphatic hydroxyl groups is 1. The van der Waals surface area contributed by atoms with Crippen LogP contribution in [0.4, 0.5) is 5.82 Å². The van der Waals surface area contributed by atoms with E-state index in [2.05, 4.69) is 20.9 Å². The second kappa shape index (κ2) is 4.10. The molecule has 1 aromatic rings. The van der Waals surface area contributed by atoms with Gasteiger partial charge in [-0.1, -0.05) is 0 Å². The highest BCUT2D eigenvalue weighted by Crippen LogP contribution is 2.42. The van der Waals surface area contributed by atoms with Crippen molar-refractivity contribution in [1.29, 1.82) is 0 Å². The van der Waals surface area contributed by atoms with E-state index in [1.807, 2.05) is 11.8 Å². The zero-order valence-corrected chi connectivity index (χ0v) is 11.0. The van der Waals surface area contributed by atoms with Crippen molar-refractivity contribution in [1.82, 2.24) is 9.97 Å². The Kier molecular flexibility index (Phi) is 2.52. The van der Waals surface area contributed by atoms with Crippen LogP contribution in [0.2, 0.25) is 0 Å². The lowest BCUT2D eigenvalue weighted by molar-refractivity contribution is 0.152. The van der Waals surface area contributed by atoms with Gasteiger partial charge < -0.3 is 10.0 Å². The van der Waals surface area contributed by atoms with Crippen LogP contribution in [0.3, 0.4) is 0 Å². The molecule has 1 aromatic heterocycles. The lowest BCUT2D eigenvalue weighted by atomic mass is 10.0. The molecule has 2 saturated heterocycles. The molecule has 3 unspecified atom stereocenters. The van der Waals surface area contributed by atoms with Gasteiger partial charge in [0.05, 0.1) is 6.10 Å². The van der Waals surface area contributed by atoms with Gasteiger partial charge in [-0.05, 0) is 12.8 Å².